The van der Waals surface area contributed by atoms with Crippen LogP contribution >= 0.6 is 0 Å². The fourth-order valence-corrected chi connectivity index (χ4v) is 2.92. The summed E-state index contributed by atoms with van der Waals surface area (Å²) < 4.78 is 16.2. The molecule has 1 atom stereocenters. The van der Waals surface area contributed by atoms with E-state index in [-0.39, 0.29) is 11.8 Å². The average Bonchev–Trinajstić information content (AvgIpc) is 2.64. The average molecular weight is 350 g/mol. The number of carbonyl (C=O) groups excluding carboxylic acids is 1. The summed E-state index contributed by atoms with van der Waals surface area (Å²) in [7, 11) is 1.68. The zero-order valence-corrected chi connectivity index (χ0v) is 15.3. The van der Waals surface area contributed by atoms with Crippen LogP contribution in [0, 0.1) is 12.8 Å². The molecule has 1 aromatic rings. The summed E-state index contributed by atoms with van der Waals surface area (Å²) in [5.41, 5.74) is 8.19. The summed E-state index contributed by atoms with van der Waals surface area (Å²) in [4.78, 5) is 12.4. The third-order valence-corrected chi connectivity index (χ3v) is 4.50. The molecule has 140 valence electrons. The van der Waals surface area contributed by atoms with Crippen molar-refractivity contribution < 1.29 is 19.0 Å². The van der Waals surface area contributed by atoms with Gasteiger partial charge in [0, 0.05) is 45.5 Å². The van der Waals surface area contributed by atoms with Crippen LogP contribution in [-0.4, -0.2) is 45.5 Å². The first kappa shape index (κ1) is 19.7. The first-order valence-electron chi connectivity index (χ1n) is 8.94. The van der Waals surface area contributed by atoms with Gasteiger partial charge < -0.3 is 25.3 Å². The lowest BCUT2D eigenvalue weighted by Gasteiger charge is -2.26. The van der Waals surface area contributed by atoms with Gasteiger partial charge >= 0.3 is 0 Å². The zero-order valence-electron chi connectivity index (χ0n) is 15.3. The van der Waals surface area contributed by atoms with Gasteiger partial charge in [0.25, 0.3) is 0 Å². The number of nitrogens with two attached hydrogens (primary N) is 1. The van der Waals surface area contributed by atoms with Crippen LogP contribution in [0.1, 0.15) is 30.4 Å². The molecule has 6 nitrogen and oxygen atoms in total. The van der Waals surface area contributed by atoms with E-state index in [1.807, 2.05) is 25.1 Å². The minimum atomic E-state index is -0.486. The van der Waals surface area contributed by atoms with Crippen LogP contribution < -0.4 is 15.8 Å². The van der Waals surface area contributed by atoms with Gasteiger partial charge in [0.15, 0.2) is 0 Å². The highest BCUT2D eigenvalue weighted by Crippen LogP contribution is 2.21. The molecule has 0 spiro atoms. The highest BCUT2D eigenvalue weighted by molar-refractivity contribution is 5.81. The van der Waals surface area contributed by atoms with Gasteiger partial charge in [0.2, 0.25) is 5.91 Å². The summed E-state index contributed by atoms with van der Waals surface area (Å²) in [5.74, 6) is 0.880. The summed E-state index contributed by atoms with van der Waals surface area (Å²) >= 11 is 0. The molecule has 1 heterocycles. The zero-order chi connectivity index (χ0) is 18.1. The topological polar surface area (TPSA) is 82.8 Å². The Morgan fingerprint density at radius 2 is 2.12 bits per heavy atom. The first-order valence-corrected chi connectivity index (χ1v) is 8.94. The molecule has 1 unspecified atom stereocenters. The van der Waals surface area contributed by atoms with Crippen LogP contribution in [0.25, 0.3) is 0 Å². The maximum Gasteiger partial charge on any atom is 0.237 e. The maximum absolute atomic E-state index is 12.4. The van der Waals surface area contributed by atoms with Gasteiger partial charge in [-0.2, -0.15) is 0 Å². The van der Waals surface area contributed by atoms with E-state index < -0.39 is 6.04 Å². The molecule has 0 aromatic heterocycles. The summed E-state index contributed by atoms with van der Waals surface area (Å²) in [6.45, 7) is 5.05. The molecule has 0 saturated carbocycles. The number of ether oxygens (including phenoxy) is 3. The van der Waals surface area contributed by atoms with E-state index in [0.29, 0.717) is 33.0 Å². The fraction of sp³-hybridized carbons (Fsp3) is 0.632. The molecule has 1 aliphatic rings. The third kappa shape index (κ3) is 6.30. The molecule has 25 heavy (non-hydrogen) atoms. The van der Waals surface area contributed by atoms with Gasteiger partial charge in [-0.05, 0) is 37.3 Å². The Morgan fingerprint density at radius 1 is 1.36 bits per heavy atom. The Kier molecular flexibility index (Phi) is 8.18. The van der Waals surface area contributed by atoms with E-state index in [4.69, 9.17) is 19.9 Å². The number of methoxy groups -OCH3 is 1. The second kappa shape index (κ2) is 10.4. The number of hydrogen-bond acceptors (Lipinski definition) is 5. The van der Waals surface area contributed by atoms with Crippen molar-refractivity contribution in [1.82, 2.24) is 5.32 Å². The molecule has 3 N–H and O–H groups in total. The normalized spacial score (nSPS) is 16.4. The summed E-state index contributed by atoms with van der Waals surface area (Å²) in [6, 6.07) is 5.51. The number of amides is 1. The van der Waals surface area contributed by atoms with E-state index >= 15 is 0 Å². The van der Waals surface area contributed by atoms with Gasteiger partial charge in [0.05, 0.1) is 12.6 Å². The Balaban J connectivity index is 1.89. The fourth-order valence-electron chi connectivity index (χ4n) is 2.92. The lowest BCUT2D eigenvalue weighted by atomic mass is 9.92. The van der Waals surface area contributed by atoms with Crippen molar-refractivity contribution in [3.05, 3.63) is 29.3 Å². The highest BCUT2D eigenvalue weighted by Gasteiger charge is 2.26. The predicted molar refractivity (Wildman–Crippen MR) is 96.5 cm³/mol. The molecule has 0 aliphatic carbocycles. The van der Waals surface area contributed by atoms with Crippen LogP contribution in [0.15, 0.2) is 18.2 Å². The summed E-state index contributed by atoms with van der Waals surface area (Å²) in [6.07, 6.45) is 2.50. The van der Waals surface area contributed by atoms with Gasteiger partial charge in [-0.3, -0.25) is 4.79 Å². The third-order valence-electron chi connectivity index (χ3n) is 4.50. The largest absolute Gasteiger partial charge is 0.493 e. The minimum Gasteiger partial charge on any atom is -0.493 e. The Labute approximate surface area is 150 Å². The Morgan fingerprint density at radius 3 is 2.84 bits per heavy atom. The van der Waals surface area contributed by atoms with Crippen molar-refractivity contribution in [3.63, 3.8) is 0 Å². The molecular weight excluding hydrogens is 320 g/mol. The second-order valence-corrected chi connectivity index (χ2v) is 6.50. The first-order chi connectivity index (χ1) is 12.1. The van der Waals surface area contributed by atoms with Gasteiger partial charge in [0.1, 0.15) is 5.75 Å². The van der Waals surface area contributed by atoms with Gasteiger partial charge in [-0.25, -0.2) is 0 Å². The van der Waals surface area contributed by atoms with Crippen molar-refractivity contribution in [2.75, 3.05) is 33.5 Å². The molecule has 1 aromatic carbocycles. The molecule has 1 saturated heterocycles. The number of hydrogen-bond donors (Lipinski definition) is 2. The van der Waals surface area contributed by atoms with Crippen molar-refractivity contribution in [1.29, 1.82) is 0 Å². The van der Waals surface area contributed by atoms with Crippen LogP contribution in [0.4, 0.5) is 0 Å². The monoisotopic (exact) mass is 350 g/mol. The number of rotatable bonds is 9. The summed E-state index contributed by atoms with van der Waals surface area (Å²) in [5, 5.41) is 2.95. The standard InChI is InChI=1S/C19H30N2O4/c1-14-4-5-16(17(12-14)25-9-3-8-23-2)13-21-19(22)18(20)15-6-10-24-11-7-15/h4-5,12,15,18H,3,6-11,13,20H2,1-2H3,(H,21,22). The van der Waals surface area contributed by atoms with E-state index in [2.05, 4.69) is 5.32 Å². The Bertz CT molecular complexity index is 544. The van der Waals surface area contributed by atoms with E-state index in [0.717, 1.165) is 36.1 Å². The lowest BCUT2D eigenvalue weighted by molar-refractivity contribution is -0.124. The highest BCUT2D eigenvalue weighted by atomic mass is 16.5. The molecule has 2 rings (SSSR count). The second-order valence-electron chi connectivity index (χ2n) is 6.50. The SMILES string of the molecule is COCCCOc1cc(C)ccc1CNC(=O)C(N)C1CCOCC1. The van der Waals surface area contributed by atoms with Crippen LogP contribution in [0.5, 0.6) is 5.75 Å². The van der Waals surface area contributed by atoms with Crippen molar-refractivity contribution in [3.8, 4) is 5.75 Å². The molecular formula is C19H30N2O4. The molecule has 1 fully saturated rings. The van der Waals surface area contributed by atoms with Gasteiger partial charge in [-0.1, -0.05) is 12.1 Å². The number of benzene rings is 1. The van der Waals surface area contributed by atoms with E-state index in [1.54, 1.807) is 7.11 Å². The number of nitrogens with one attached hydrogen (secondary N) is 1. The van der Waals surface area contributed by atoms with Gasteiger partial charge in [-0.15, -0.1) is 0 Å². The van der Waals surface area contributed by atoms with Crippen LogP contribution in [0.2, 0.25) is 0 Å². The van der Waals surface area contributed by atoms with Crippen molar-refractivity contribution in [2.45, 2.75) is 38.8 Å². The molecule has 1 aliphatic heterocycles. The van der Waals surface area contributed by atoms with Crippen molar-refractivity contribution >= 4 is 5.91 Å². The smallest absolute Gasteiger partial charge is 0.237 e. The van der Waals surface area contributed by atoms with E-state index in [1.165, 1.54) is 0 Å². The molecule has 6 heteroatoms. The lowest BCUT2D eigenvalue weighted by Crippen LogP contribution is -2.46. The number of carbonyl (C=O) groups is 1. The quantitative estimate of drug-likeness (QED) is 0.664. The molecule has 1 amide bonds. The van der Waals surface area contributed by atoms with Crippen LogP contribution in [-0.2, 0) is 20.8 Å². The van der Waals surface area contributed by atoms with Crippen LogP contribution in [0.3, 0.4) is 0 Å². The Hall–Kier alpha value is -1.63. The number of aryl methyl sites for hydroxylation is 1. The molecule has 0 bridgehead atoms. The minimum absolute atomic E-state index is 0.113. The van der Waals surface area contributed by atoms with E-state index in [9.17, 15) is 4.79 Å². The van der Waals surface area contributed by atoms with Crippen molar-refractivity contribution in [2.24, 2.45) is 11.7 Å². The maximum atomic E-state index is 12.4. The predicted octanol–water partition coefficient (Wildman–Crippen LogP) is 1.78. The molecule has 0 radical (unpaired) electrons.